The highest BCUT2D eigenvalue weighted by molar-refractivity contribution is 7.07. The van der Waals surface area contributed by atoms with E-state index in [0.29, 0.717) is 36.9 Å². The average Bonchev–Trinajstić information content (AvgIpc) is 3.13. The van der Waals surface area contributed by atoms with Gasteiger partial charge in [-0.1, -0.05) is 47.2 Å². The Morgan fingerprint density at radius 1 is 1.19 bits per heavy atom. The molecule has 0 aliphatic carbocycles. The third-order valence-electron chi connectivity index (χ3n) is 5.46. The van der Waals surface area contributed by atoms with E-state index in [0.717, 1.165) is 0 Å². The fourth-order valence-corrected chi connectivity index (χ4v) is 5.23. The van der Waals surface area contributed by atoms with E-state index in [1.165, 1.54) is 29.9 Å². The molecule has 0 fully saturated rings. The second kappa shape index (κ2) is 10.5. The van der Waals surface area contributed by atoms with Crippen LogP contribution in [0.25, 0.3) is 6.08 Å². The second-order valence-electron chi connectivity index (χ2n) is 7.83. The topological polar surface area (TPSA) is 96.2 Å². The number of halogens is 1. The Kier molecular flexibility index (Phi) is 7.42. The van der Waals surface area contributed by atoms with Crippen molar-refractivity contribution in [2.24, 2.45) is 4.99 Å². The van der Waals surface area contributed by atoms with Gasteiger partial charge in [-0.3, -0.25) is 14.2 Å². The molecule has 8 nitrogen and oxygen atoms in total. The number of aromatic nitrogens is 1. The quantitative estimate of drug-likeness (QED) is 0.361. The zero-order valence-electron chi connectivity index (χ0n) is 20.0. The Morgan fingerprint density at radius 2 is 1.94 bits per heavy atom. The van der Waals surface area contributed by atoms with E-state index in [1.807, 2.05) is 0 Å². The van der Waals surface area contributed by atoms with Crippen molar-refractivity contribution in [3.8, 4) is 11.5 Å². The Morgan fingerprint density at radius 3 is 2.61 bits per heavy atom. The smallest absolute Gasteiger partial charge is 0.338 e. The van der Waals surface area contributed by atoms with Crippen LogP contribution in [0.5, 0.6) is 11.5 Å². The largest absolute Gasteiger partial charge is 0.493 e. The van der Waals surface area contributed by atoms with Crippen LogP contribution in [-0.4, -0.2) is 30.2 Å². The van der Waals surface area contributed by atoms with E-state index in [9.17, 15) is 14.4 Å². The number of ether oxygens (including phenoxy) is 3. The van der Waals surface area contributed by atoms with Crippen molar-refractivity contribution in [1.29, 1.82) is 0 Å². The van der Waals surface area contributed by atoms with Gasteiger partial charge in [-0.2, -0.15) is 0 Å². The summed E-state index contributed by atoms with van der Waals surface area (Å²) in [7, 11) is 1.46. The number of carbonyl (C=O) groups is 2. The summed E-state index contributed by atoms with van der Waals surface area (Å²) in [6, 6.07) is 11.2. The number of benzene rings is 2. The van der Waals surface area contributed by atoms with Gasteiger partial charge in [0.25, 0.3) is 5.56 Å². The van der Waals surface area contributed by atoms with Crippen LogP contribution in [-0.2, 0) is 14.3 Å². The van der Waals surface area contributed by atoms with Crippen LogP contribution in [0.3, 0.4) is 0 Å². The summed E-state index contributed by atoms with van der Waals surface area (Å²) < 4.78 is 17.7. The Hall–Kier alpha value is -3.69. The summed E-state index contributed by atoms with van der Waals surface area (Å²) in [5.74, 6) is -0.399. The molecular weight excluding hydrogens is 504 g/mol. The van der Waals surface area contributed by atoms with Gasteiger partial charge in [0.2, 0.25) is 0 Å². The first-order valence-corrected chi connectivity index (χ1v) is 12.2. The minimum absolute atomic E-state index is 0.181. The van der Waals surface area contributed by atoms with Gasteiger partial charge in [0, 0.05) is 11.9 Å². The normalized spacial score (nSPS) is 15.2. The predicted molar refractivity (Wildman–Crippen MR) is 136 cm³/mol. The first-order valence-electron chi connectivity index (χ1n) is 11.1. The number of carbonyl (C=O) groups excluding carboxylic acids is 2. The fraction of sp³-hybridized carbons (Fsp3) is 0.231. The lowest BCUT2D eigenvalue weighted by molar-refractivity contribution is -0.139. The molecule has 3 aromatic rings. The summed E-state index contributed by atoms with van der Waals surface area (Å²) >= 11 is 7.71. The molecule has 0 bridgehead atoms. The molecule has 0 saturated heterocycles. The highest BCUT2D eigenvalue weighted by Crippen LogP contribution is 2.34. The summed E-state index contributed by atoms with van der Waals surface area (Å²) in [4.78, 5) is 43.0. The van der Waals surface area contributed by atoms with Crippen molar-refractivity contribution in [1.82, 2.24) is 4.57 Å². The maximum absolute atomic E-state index is 13.7. The molecule has 4 rings (SSSR count). The second-order valence-corrected chi connectivity index (χ2v) is 9.24. The number of fused-ring (bicyclic) bond motifs is 1. The van der Waals surface area contributed by atoms with Gasteiger partial charge in [0.15, 0.2) is 16.3 Å². The standard InChI is InChI=1S/C26H23ClN2O6S/c1-5-34-25(32)22-14(2)28-26-29(23(22)17-8-6-7-9-18(17)27)24(31)21(36-26)13-16-10-11-19(35-15(3)30)20(12-16)33-4/h6-13,23H,5H2,1-4H3/b21-13+/t23-/m1/s1. The lowest BCUT2D eigenvalue weighted by atomic mass is 9.96. The average molecular weight is 527 g/mol. The van der Waals surface area contributed by atoms with Crippen LogP contribution >= 0.6 is 22.9 Å². The molecular formula is C26H23ClN2O6S. The van der Waals surface area contributed by atoms with Crippen LogP contribution < -0.4 is 24.4 Å². The van der Waals surface area contributed by atoms with Crippen molar-refractivity contribution in [2.75, 3.05) is 13.7 Å². The van der Waals surface area contributed by atoms with E-state index in [2.05, 4.69) is 4.99 Å². The molecule has 1 aliphatic rings. The van der Waals surface area contributed by atoms with Gasteiger partial charge in [0.05, 0.1) is 29.5 Å². The maximum Gasteiger partial charge on any atom is 0.338 e. The minimum Gasteiger partial charge on any atom is -0.493 e. The number of allylic oxidation sites excluding steroid dienone is 1. The Labute approximate surface area is 215 Å². The third-order valence-corrected chi connectivity index (χ3v) is 6.78. The highest BCUT2D eigenvalue weighted by atomic mass is 35.5. The first kappa shape index (κ1) is 25.4. The van der Waals surface area contributed by atoms with Gasteiger partial charge >= 0.3 is 11.9 Å². The van der Waals surface area contributed by atoms with Crippen LogP contribution in [0, 0.1) is 0 Å². The zero-order chi connectivity index (χ0) is 26.0. The molecule has 2 heterocycles. The number of hydrogen-bond acceptors (Lipinski definition) is 8. The molecule has 1 aliphatic heterocycles. The van der Waals surface area contributed by atoms with Crippen molar-refractivity contribution >= 4 is 41.0 Å². The first-order chi connectivity index (χ1) is 17.2. The monoisotopic (exact) mass is 526 g/mol. The predicted octanol–water partition coefficient (Wildman–Crippen LogP) is 3.39. The van der Waals surface area contributed by atoms with E-state index in [-0.39, 0.29) is 23.5 Å². The van der Waals surface area contributed by atoms with Crippen LogP contribution in [0.1, 0.15) is 37.9 Å². The highest BCUT2D eigenvalue weighted by Gasteiger charge is 2.34. The van der Waals surface area contributed by atoms with Crippen molar-refractivity contribution in [2.45, 2.75) is 26.8 Å². The number of nitrogens with zero attached hydrogens (tertiary/aromatic N) is 2. The molecule has 0 N–H and O–H groups in total. The van der Waals surface area contributed by atoms with Gasteiger partial charge < -0.3 is 14.2 Å². The van der Waals surface area contributed by atoms with Gasteiger partial charge in [-0.15, -0.1) is 0 Å². The molecule has 10 heteroatoms. The molecule has 0 saturated carbocycles. The Bertz CT molecular complexity index is 1570. The number of methoxy groups -OCH3 is 1. The summed E-state index contributed by atoms with van der Waals surface area (Å²) in [5, 5.41) is 0.416. The summed E-state index contributed by atoms with van der Waals surface area (Å²) in [6.07, 6.45) is 1.69. The van der Waals surface area contributed by atoms with Crippen LogP contribution in [0.15, 0.2) is 63.5 Å². The van der Waals surface area contributed by atoms with Crippen molar-refractivity contribution in [3.05, 3.63) is 89.6 Å². The summed E-state index contributed by atoms with van der Waals surface area (Å²) in [6.45, 7) is 4.91. The molecule has 0 unspecified atom stereocenters. The van der Waals surface area contributed by atoms with Crippen molar-refractivity contribution < 1.29 is 23.8 Å². The minimum atomic E-state index is -0.794. The van der Waals surface area contributed by atoms with Crippen LogP contribution in [0.4, 0.5) is 0 Å². The number of rotatable bonds is 6. The molecule has 2 aromatic carbocycles. The van der Waals surface area contributed by atoms with Gasteiger partial charge in [-0.05, 0) is 49.2 Å². The number of esters is 2. The molecule has 0 spiro atoms. The van der Waals surface area contributed by atoms with Gasteiger partial charge in [-0.25, -0.2) is 9.79 Å². The van der Waals surface area contributed by atoms with E-state index in [1.54, 1.807) is 62.4 Å². The maximum atomic E-state index is 13.7. The molecule has 1 atom stereocenters. The molecule has 36 heavy (non-hydrogen) atoms. The molecule has 1 aromatic heterocycles. The van der Waals surface area contributed by atoms with Crippen LogP contribution in [0.2, 0.25) is 5.02 Å². The lowest BCUT2D eigenvalue weighted by Gasteiger charge is -2.25. The van der Waals surface area contributed by atoms with E-state index < -0.39 is 18.0 Å². The van der Waals surface area contributed by atoms with E-state index in [4.69, 9.17) is 25.8 Å². The number of hydrogen-bond donors (Lipinski definition) is 0. The molecule has 186 valence electrons. The van der Waals surface area contributed by atoms with Gasteiger partial charge in [0.1, 0.15) is 6.04 Å². The molecule has 0 radical (unpaired) electrons. The zero-order valence-corrected chi connectivity index (χ0v) is 21.6. The third kappa shape index (κ3) is 4.84. The Balaban J connectivity index is 1.91. The molecule has 0 amide bonds. The fourth-order valence-electron chi connectivity index (χ4n) is 3.95. The summed E-state index contributed by atoms with van der Waals surface area (Å²) in [5.41, 5.74) is 1.64. The SMILES string of the molecule is CCOC(=O)C1=C(C)N=c2s/c(=C/c3ccc(OC(C)=O)c(OC)c3)c(=O)n2[C@@H]1c1ccccc1Cl. The van der Waals surface area contributed by atoms with Crippen molar-refractivity contribution in [3.63, 3.8) is 0 Å². The van der Waals surface area contributed by atoms with E-state index >= 15 is 0 Å². The lowest BCUT2D eigenvalue weighted by Crippen LogP contribution is -2.40. The number of thiazole rings is 1.